The van der Waals surface area contributed by atoms with E-state index in [1.807, 2.05) is 0 Å². The van der Waals surface area contributed by atoms with Crippen LogP contribution in [0.1, 0.15) is 76.8 Å². The van der Waals surface area contributed by atoms with Crippen LogP contribution in [0.4, 0.5) is 0 Å². The van der Waals surface area contributed by atoms with E-state index in [1.165, 1.54) is 27.1 Å². The Labute approximate surface area is 378 Å². The summed E-state index contributed by atoms with van der Waals surface area (Å²) < 4.78 is 39.9. The Morgan fingerprint density at radius 3 is 1.23 bits per heavy atom. The van der Waals surface area contributed by atoms with Crippen LogP contribution in [-0.4, -0.2) is 70.8 Å². The van der Waals surface area contributed by atoms with Crippen molar-refractivity contribution >= 4 is 21.5 Å². The van der Waals surface area contributed by atoms with Gasteiger partial charge in [0.2, 0.25) is 0 Å². The van der Waals surface area contributed by atoms with Gasteiger partial charge in [0.1, 0.15) is 36.2 Å². The zero-order chi connectivity index (χ0) is 43.5. The molecule has 7 heteroatoms. The third-order valence-electron chi connectivity index (χ3n) is 12.5. The Hall–Kier alpha value is -5.86. The molecule has 0 spiro atoms. The number of hydrogen-bond donors (Lipinski definition) is 0. The van der Waals surface area contributed by atoms with Crippen LogP contribution >= 0.6 is 0 Å². The third-order valence-corrected chi connectivity index (χ3v) is 12.5. The lowest BCUT2D eigenvalue weighted by Crippen LogP contribution is -2.31. The summed E-state index contributed by atoms with van der Waals surface area (Å²) in [5, 5.41) is 5.08. The zero-order valence-electron chi connectivity index (χ0n) is 37.5. The molecule has 0 fully saturated rings. The van der Waals surface area contributed by atoms with Gasteiger partial charge in [0.15, 0.2) is 0 Å². The number of benzene rings is 7. The second-order valence-corrected chi connectivity index (χ2v) is 17.0. The number of fused-ring (bicyclic) bond motifs is 14. The van der Waals surface area contributed by atoms with E-state index in [0.29, 0.717) is 78.5 Å². The fourth-order valence-electron chi connectivity index (χ4n) is 9.40. The number of para-hydroxylation sites is 4. The van der Waals surface area contributed by atoms with Crippen molar-refractivity contribution in [1.82, 2.24) is 4.90 Å². The Balaban J connectivity index is 1.10. The van der Waals surface area contributed by atoms with Gasteiger partial charge in [0.25, 0.3) is 0 Å². The summed E-state index contributed by atoms with van der Waals surface area (Å²) in [6.45, 7) is 10.8. The van der Waals surface area contributed by atoms with Crippen LogP contribution in [-0.2, 0) is 41.7 Å². The molecule has 7 nitrogen and oxygen atoms in total. The number of hydrogen-bond acceptors (Lipinski definition) is 7. The van der Waals surface area contributed by atoms with Gasteiger partial charge < -0.3 is 28.4 Å². The summed E-state index contributed by atoms with van der Waals surface area (Å²) in [6, 6.07) is 46.0. The molecule has 64 heavy (non-hydrogen) atoms. The Kier molecular flexibility index (Phi) is 14.4. The van der Waals surface area contributed by atoms with E-state index < -0.39 is 0 Å². The summed E-state index contributed by atoms with van der Waals surface area (Å²) in [5.41, 5.74) is 10.4. The first-order valence-corrected chi connectivity index (χ1v) is 23.4. The molecule has 0 amide bonds. The molecule has 0 atom stereocenters. The van der Waals surface area contributed by atoms with Gasteiger partial charge in [0.05, 0.1) is 39.6 Å². The van der Waals surface area contributed by atoms with Gasteiger partial charge in [-0.05, 0) is 90.5 Å². The summed E-state index contributed by atoms with van der Waals surface area (Å²) in [5.74, 6) is 3.70. The van der Waals surface area contributed by atoms with E-state index in [2.05, 4.69) is 146 Å². The molecule has 330 valence electrons. The van der Waals surface area contributed by atoms with Crippen LogP contribution in [0.5, 0.6) is 23.0 Å². The average molecular weight is 856 g/mol. The number of ether oxygens (including phenoxy) is 6. The highest BCUT2D eigenvalue weighted by Gasteiger charge is 2.22. The molecule has 0 radical (unpaired) electrons. The van der Waals surface area contributed by atoms with Crippen molar-refractivity contribution in [2.24, 2.45) is 0 Å². The van der Waals surface area contributed by atoms with E-state index in [4.69, 9.17) is 28.4 Å². The van der Waals surface area contributed by atoms with Crippen molar-refractivity contribution in [3.05, 3.63) is 177 Å². The minimum atomic E-state index is 0.428. The normalized spacial score (nSPS) is 15.3. The van der Waals surface area contributed by atoms with Crippen molar-refractivity contribution in [3.63, 3.8) is 0 Å². The topological polar surface area (TPSA) is 58.6 Å². The first-order valence-electron chi connectivity index (χ1n) is 23.4. The van der Waals surface area contributed by atoms with Crippen molar-refractivity contribution in [3.8, 4) is 23.0 Å². The summed E-state index contributed by atoms with van der Waals surface area (Å²) in [7, 11) is 0. The smallest absolute Gasteiger partial charge is 0.126 e. The minimum absolute atomic E-state index is 0.428. The fraction of sp³-hybridized carbons (Fsp3) is 0.333. The number of nitrogens with zero attached hydrogens (tertiary/aromatic N) is 1. The van der Waals surface area contributed by atoms with Crippen LogP contribution in [0, 0.1) is 0 Å². The van der Waals surface area contributed by atoms with Crippen LogP contribution in [0.25, 0.3) is 21.5 Å². The predicted octanol–water partition coefficient (Wildman–Crippen LogP) is 11.6. The van der Waals surface area contributed by atoms with Crippen molar-refractivity contribution in [2.45, 2.75) is 58.9 Å². The van der Waals surface area contributed by atoms with E-state index in [0.717, 1.165) is 100.0 Å². The van der Waals surface area contributed by atoms with Crippen LogP contribution in [0.3, 0.4) is 0 Å². The molecule has 7 aromatic carbocycles. The van der Waals surface area contributed by atoms with E-state index in [1.54, 1.807) is 0 Å². The fourth-order valence-corrected chi connectivity index (χ4v) is 9.40. The van der Waals surface area contributed by atoms with Crippen molar-refractivity contribution < 1.29 is 28.4 Å². The molecule has 10 bridgehead atoms. The van der Waals surface area contributed by atoms with Crippen LogP contribution in [0.15, 0.2) is 127 Å². The van der Waals surface area contributed by atoms with Gasteiger partial charge in [-0.15, -0.1) is 0 Å². The van der Waals surface area contributed by atoms with Crippen LogP contribution < -0.4 is 18.9 Å². The van der Waals surface area contributed by atoms with Gasteiger partial charge >= 0.3 is 0 Å². The molecule has 1 aliphatic carbocycles. The lowest BCUT2D eigenvalue weighted by atomic mass is 9.91. The first-order chi connectivity index (χ1) is 31.7. The molecule has 0 aromatic heterocycles. The van der Waals surface area contributed by atoms with Gasteiger partial charge in [-0.25, -0.2) is 0 Å². The summed E-state index contributed by atoms with van der Waals surface area (Å²) in [4.78, 5) is 2.46. The molecule has 0 N–H and O–H groups in total. The van der Waals surface area contributed by atoms with E-state index in [-0.39, 0.29) is 0 Å². The number of rotatable bonds is 8. The zero-order valence-corrected chi connectivity index (χ0v) is 37.5. The molecule has 0 unspecified atom stereocenters. The monoisotopic (exact) mass is 855 g/mol. The molecule has 3 aliphatic rings. The van der Waals surface area contributed by atoms with Gasteiger partial charge in [-0.1, -0.05) is 135 Å². The minimum Gasteiger partial charge on any atom is -0.493 e. The Morgan fingerprint density at radius 2 is 0.828 bits per heavy atom. The summed E-state index contributed by atoms with van der Waals surface area (Å²) in [6.07, 6.45) is 4.48. The quantitative estimate of drug-likeness (QED) is 0.111. The maximum absolute atomic E-state index is 6.88. The molecule has 10 rings (SSSR count). The third kappa shape index (κ3) is 10.1. The maximum atomic E-state index is 6.88. The largest absolute Gasteiger partial charge is 0.493 e. The Bertz CT molecular complexity index is 2410. The molecule has 0 saturated carbocycles. The maximum Gasteiger partial charge on any atom is 0.126 e. The lowest BCUT2D eigenvalue weighted by molar-refractivity contribution is 0.0533. The SMILES string of the molecule is CCCOc1c2cccc1Cc1cccc3c1OCCOCCN(Cc1c4ccccc4cc4ccccc14)CCOCCOc1c(cccc1Cc1cccc(c1OCCC)C3)C2. The van der Waals surface area contributed by atoms with Crippen molar-refractivity contribution in [2.75, 3.05) is 65.9 Å². The molecular formula is C57H61NO6. The van der Waals surface area contributed by atoms with Gasteiger partial charge in [-0.2, -0.15) is 0 Å². The highest BCUT2D eigenvalue weighted by Crippen LogP contribution is 2.39. The molecule has 7 aromatic rings. The van der Waals surface area contributed by atoms with E-state index in [9.17, 15) is 0 Å². The molecule has 2 aliphatic heterocycles. The van der Waals surface area contributed by atoms with Crippen molar-refractivity contribution in [1.29, 1.82) is 0 Å². The molecular weight excluding hydrogens is 795 g/mol. The first kappa shape index (κ1) is 43.4. The second-order valence-electron chi connectivity index (χ2n) is 17.0. The van der Waals surface area contributed by atoms with Gasteiger partial charge in [0, 0.05) is 45.3 Å². The standard InChI is InChI=1S/C57H61NO6/c1-3-27-61-54-43-15-9-16-44(54)37-48-20-12-22-50-39-46-18-10-17-45(55(46)62-28-4-2)38-49-21-11-19-47(36-43)56(49)63-33-31-59-29-25-58(26-30-60-32-34-64-57(48)50)40-53-51-23-7-5-13-41(51)35-42-14-6-8-24-52(42)53/h5-24,35H,3-4,25-34,36-40H2,1-2H3. The molecule has 2 heterocycles. The van der Waals surface area contributed by atoms with Crippen LogP contribution in [0.2, 0.25) is 0 Å². The van der Waals surface area contributed by atoms with Gasteiger partial charge in [-0.3, -0.25) is 4.90 Å². The average Bonchev–Trinajstić information content (AvgIpc) is 3.31. The molecule has 0 saturated heterocycles. The highest BCUT2D eigenvalue weighted by atomic mass is 16.5. The highest BCUT2D eigenvalue weighted by molar-refractivity contribution is 6.02. The summed E-state index contributed by atoms with van der Waals surface area (Å²) >= 11 is 0. The lowest BCUT2D eigenvalue weighted by Gasteiger charge is -2.25. The Morgan fingerprint density at radius 1 is 0.438 bits per heavy atom. The predicted molar refractivity (Wildman–Crippen MR) is 258 cm³/mol. The van der Waals surface area contributed by atoms with E-state index >= 15 is 0 Å². The second kappa shape index (κ2) is 21.2.